The molecule has 1 heterocycles. The van der Waals surface area contributed by atoms with E-state index in [4.69, 9.17) is 5.73 Å². The van der Waals surface area contributed by atoms with Crippen LogP contribution in [0.25, 0.3) is 0 Å². The van der Waals surface area contributed by atoms with E-state index in [1.165, 1.54) is 6.20 Å². The molecule has 1 aromatic heterocycles. The van der Waals surface area contributed by atoms with Crippen LogP contribution in [0.5, 0.6) is 0 Å². The van der Waals surface area contributed by atoms with Crippen LogP contribution in [0.15, 0.2) is 40.4 Å². The molecule has 0 saturated heterocycles. The maximum absolute atomic E-state index is 13.8. The van der Waals surface area contributed by atoms with Crippen LogP contribution in [-0.2, 0) is 6.54 Å². The van der Waals surface area contributed by atoms with Crippen molar-refractivity contribution in [1.29, 1.82) is 0 Å². The average molecular weight is 280 g/mol. The van der Waals surface area contributed by atoms with Gasteiger partial charge in [0.05, 0.1) is 4.90 Å². The Morgan fingerprint density at radius 3 is 2.68 bits per heavy atom. The number of nitrogens with zero attached hydrogens (tertiary/aromatic N) is 1. The summed E-state index contributed by atoms with van der Waals surface area (Å²) in [6, 6.07) is 5.21. The predicted molar refractivity (Wildman–Crippen MR) is 68.0 cm³/mol. The van der Waals surface area contributed by atoms with Gasteiger partial charge in [-0.05, 0) is 24.3 Å². The van der Waals surface area contributed by atoms with Gasteiger partial charge in [-0.3, -0.25) is 4.79 Å². The van der Waals surface area contributed by atoms with Crippen LogP contribution in [0, 0.1) is 11.6 Å². The number of nitrogens with two attached hydrogens (primary N) is 1. The summed E-state index contributed by atoms with van der Waals surface area (Å²) in [7, 11) is 0. The van der Waals surface area contributed by atoms with E-state index in [9.17, 15) is 13.6 Å². The minimum absolute atomic E-state index is 0.0595. The molecule has 0 fully saturated rings. The van der Waals surface area contributed by atoms with Crippen LogP contribution >= 0.6 is 11.8 Å². The van der Waals surface area contributed by atoms with Crippen molar-refractivity contribution in [3.05, 3.63) is 53.2 Å². The Balaban J connectivity index is 2.49. The molecule has 0 saturated carbocycles. The van der Waals surface area contributed by atoms with E-state index < -0.39 is 11.6 Å². The third-order valence-electron chi connectivity index (χ3n) is 2.49. The summed E-state index contributed by atoms with van der Waals surface area (Å²) < 4.78 is 27.3. The highest BCUT2D eigenvalue weighted by atomic mass is 32.2. The first-order chi connectivity index (χ1) is 9.17. The van der Waals surface area contributed by atoms with Crippen molar-refractivity contribution in [2.24, 2.45) is 5.73 Å². The molecule has 0 atom stereocenters. The van der Waals surface area contributed by atoms with Gasteiger partial charge >= 0.3 is 0 Å². The fourth-order valence-electron chi connectivity index (χ4n) is 1.55. The number of aldehydes is 1. The number of carbonyl (C=O) groups is 1. The molecule has 0 aliphatic carbocycles. The number of carbonyl (C=O) groups excluding carboxylic acids is 1. The van der Waals surface area contributed by atoms with Gasteiger partial charge in [0.2, 0.25) is 0 Å². The molecule has 0 bridgehead atoms. The lowest BCUT2D eigenvalue weighted by Crippen LogP contribution is -2.04. The first-order valence-corrected chi connectivity index (χ1v) is 6.24. The zero-order valence-electron chi connectivity index (χ0n) is 9.77. The fraction of sp³-hybridized carbons (Fsp3) is 0.0769. The van der Waals surface area contributed by atoms with Crippen LogP contribution in [0.2, 0.25) is 0 Å². The van der Waals surface area contributed by atoms with Gasteiger partial charge in [-0.1, -0.05) is 11.8 Å². The summed E-state index contributed by atoms with van der Waals surface area (Å²) in [5, 5.41) is 0.316. The highest BCUT2D eigenvalue weighted by molar-refractivity contribution is 7.99. The van der Waals surface area contributed by atoms with E-state index in [-0.39, 0.29) is 17.0 Å². The first kappa shape index (κ1) is 13.6. The van der Waals surface area contributed by atoms with E-state index >= 15 is 0 Å². The maximum Gasteiger partial charge on any atom is 0.152 e. The molecule has 3 nitrogen and oxygen atoms in total. The van der Waals surface area contributed by atoms with Crippen molar-refractivity contribution >= 4 is 18.0 Å². The molecule has 0 spiro atoms. The summed E-state index contributed by atoms with van der Waals surface area (Å²) in [6.45, 7) is -0.130. The van der Waals surface area contributed by atoms with Crippen molar-refractivity contribution in [3.8, 4) is 0 Å². The minimum Gasteiger partial charge on any atom is -0.326 e. The third kappa shape index (κ3) is 2.80. The molecule has 0 aliphatic rings. The molecule has 19 heavy (non-hydrogen) atoms. The number of hydrogen-bond donors (Lipinski definition) is 1. The lowest BCUT2D eigenvalue weighted by atomic mass is 10.2. The molecule has 2 N–H and O–H groups in total. The molecular weight excluding hydrogens is 270 g/mol. The number of hydrogen-bond acceptors (Lipinski definition) is 4. The highest BCUT2D eigenvalue weighted by Gasteiger charge is 2.16. The van der Waals surface area contributed by atoms with Crippen LogP contribution in [0.3, 0.4) is 0 Å². The van der Waals surface area contributed by atoms with Gasteiger partial charge in [-0.2, -0.15) is 0 Å². The minimum atomic E-state index is -0.589. The van der Waals surface area contributed by atoms with Gasteiger partial charge in [0.1, 0.15) is 16.7 Å². The zero-order valence-corrected chi connectivity index (χ0v) is 10.6. The standard InChI is InChI=1S/C13H10F2N2OS/c14-10-3-4-11(15)12(9(10)6-16)19-13-8(7-18)2-1-5-17-13/h1-5,7H,6,16H2. The monoisotopic (exact) mass is 280 g/mol. The van der Waals surface area contributed by atoms with Crippen LogP contribution in [0.4, 0.5) is 8.78 Å². The second-order valence-electron chi connectivity index (χ2n) is 3.66. The zero-order chi connectivity index (χ0) is 13.8. The van der Waals surface area contributed by atoms with Gasteiger partial charge in [0.25, 0.3) is 0 Å². The van der Waals surface area contributed by atoms with E-state index in [0.717, 1.165) is 23.9 Å². The molecule has 0 amide bonds. The Hall–Kier alpha value is -1.79. The Bertz CT molecular complexity index is 620. The molecule has 98 valence electrons. The van der Waals surface area contributed by atoms with Gasteiger partial charge in [-0.15, -0.1) is 0 Å². The summed E-state index contributed by atoms with van der Waals surface area (Å²) in [4.78, 5) is 14.9. The fourth-order valence-corrected chi connectivity index (χ4v) is 2.56. The smallest absolute Gasteiger partial charge is 0.152 e. The number of pyridine rings is 1. The van der Waals surface area contributed by atoms with Gasteiger partial charge < -0.3 is 5.73 Å². The lowest BCUT2D eigenvalue weighted by Gasteiger charge is -2.10. The van der Waals surface area contributed by atoms with Crippen LogP contribution < -0.4 is 5.73 Å². The highest BCUT2D eigenvalue weighted by Crippen LogP contribution is 2.33. The topological polar surface area (TPSA) is 56.0 Å². The number of rotatable bonds is 4. The van der Waals surface area contributed by atoms with Crippen LogP contribution in [-0.4, -0.2) is 11.3 Å². The Labute approximate surface area is 112 Å². The maximum atomic E-state index is 13.8. The molecule has 2 aromatic rings. The summed E-state index contributed by atoms with van der Waals surface area (Å²) in [5.41, 5.74) is 5.83. The Morgan fingerprint density at radius 1 is 1.26 bits per heavy atom. The summed E-state index contributed by atoms with van der Waals surface area (Å²) >= 11 is 0.893. The summed E-state index contributed by atoms with van der Waals surface area (Å²) in [6.07, 6.45) is 2.10. The van der Waals surface area contributed by atoms with E-state index in [1.807, 2.05) is 0 Å². The molecule has 1 aromatic carbocycles. The van der Waals surface area contributed by atoms with Crippen molar-refractivity contribution in [2.75, 3.05) is 0 Å². The lowest BCUT2D eigenvalue weighted by molar-refractivity contribution is 0.112. The second kappa shape index (κ2) is 5.90. The predicted octanol–water partition coefficient (Wildman–Crippen LogP) is 2.78. The molecule has 0 unspecified atom stereocenters. The summed E-state index contributed by atoms with van der Waals surface area (Å²) in [5.74, 6) is -1.16. The van der Waals surface area contributed by atoms with Crippen molar-refractivity contribution in [2.45, 2.75) is 16.5 Å². The number of halogens is 2. The second-order valence-corrected chi connectivity index (χ2v) is 4.66. The normalized spacial score (nSPS) is 10.5. The van der Waals surface area contributed by atoms with Gasteiger partial charge in [0.15, 0.2) is 6.29 Å². The quantitative estimate of drug-likeness (QED) is 0.875. The third-order valence-corrected chi connectivity index (χ3v) is 3.67. The molecule has 0 aliphatic heterocycles. The van der Waals surface area contributed by atoms with Gasteiger partial charge in [-0.25, -0.2) is 13.8 Å². The molecule has 2 rings (SSSR count). The molecular formula is C13H10F2N2OS. The van der Waals surface area contributed by atoms with E-state index in [1.54, 1.807) is 12.1 Å². The molecule has 0 radical (unpaired) electrons. The number of aromatic nitrogens is 1. The first-order valence-electron chi connectivity index (χ1n) is 5.42. The largest absolute Gasteiger partial charge is 0.326 e. The SMILES string of the molecule is NCc1c(F)ccc(F)c1Sc1ncccc1C=O. The van der Waals surface area contributed by atoms with Crippen molar-refractivity contribution in [3.63, 3.8) is 0 Å². The average Bonchev–Trinajstić information content (AvgIpc) is 2.44. The van der Waals surface area contributed by atoms with Crippen molar-refractivity contribution in [1.82, 2.24) is 4.98 Å². The molecule has 6 heteroatoms. The number of benzene rings is 1. The van der Waals surface area contributed by atoms with E-state index in [0.29, 0.717) is 16.9 Å². The Morgan fingerprint density at radius 2 is 2.00 bits per heavy atom. The van der Waals surface area contributed by atoms with E-state index in [2.05, 4.69) is 4.98 Å². The van der Waals surface area contributed by atoms with Crippen molar-refractivity contribution < 1.29 is 13.6 Å². The Kier molecular flexibility index (Phi) is 4.24. The van der Waals surface area contributed by atoms with Crippen LogP contribution in [0.1, 0.15) is 15.9 Å². The van der Waals surface area contributed by atoms with Gasteiger partial charge in [0, 0.05) is 23.9 Å².